The zero-order valence-electron chi connectivity index (χ0n) is 14.0. The van der Waals surface area contributed by atoms with Gasteiger partial charge in [0.1, 0.15) is 0 Å². The second-order valence-corrected chi connectivity index (χ2v) is 9.03. The van der Waals surface area contributed by atoms with E-state index in [2.05, 4.69) is 33.6 Å². The number of terminal acetylenes is 1. The first-order valence-electron chi connectivity index (χ1n) is 8.54. The zero-order chi connectivity index (χ0) is 15.3. The predicted molar refractivity (Wildman–Crippen MR) is 82.4 cm³/mol. The molecule has 0 aromatic carbocycles. The van der Waals surface area contributed by atoms with Gasteiger partial charge in [0.15, 0.2) is 0 Å². The third-order valence-corrected chi connectivity index (χ3v) is 7.88. The van der Waals surface area contributed by atoms with Gasteiger partial charge >= 0.3 is 0 Å². The monoisotopic (exact) mass is 288 g/mol. The molecule has 0 aromatic rings. The van der Waals surface area contributed by atoms with Crippen LogP contribution in [0.1, 0.15) is 60.3 Å². The summed E-state index contributed by atoms with van der Waals surface area (Å²) in [6.45, 7) is 11.5. The van der Waals surface area contributed by atoms with Gasteiger partial charge in [-0.25, -0.2) is 0 Å². The minimum atomic E-state index is -0.839. The van der Waals surface area contributed by atoms with Crippen LogP contribution < -0.4 is 0 Å². The molecule has 1 saturated heterocycles. The van der Waals surface area contributed by atoms with E-state index in [1.54, 1.807) is 0 Å². The van der Waals surface area contributed by atoms with E-state index in [-0.39, 0.29) is 11.7 Å². The fourth-order valence-corrected chi connectivity index (χ4v) is 6.89. The fraction of sp³-hybridized carbons (Fsp3) is 0.895. The molecular weight excluding hydrogens is 260 g/mol. The van der Waals surface area contributed by atoms with Gasteiger partial charge in [0.2, 0.25) is 5.79 Å². The van der Waals surface area contributed by atoms with Crippen LogP contribution in [0.2, 0.25) is 0 Å². The first-order valence-corrected chi connectivity index (χ1v) is 8.54. The third kappa shape index (κ3) is 1.43. The number of hydrogen-bond donors (Lipinski definition) is 0. The van der Waals surface area contributed by atoms with Crippen LogP contribution in [0.25, 0.3) is 0 Å². The molecule has 21 heavy (non-hydrogen) atoms. The minimum Gasteiger partial charge on any atom is -0.333 e. The molecule has 1 spiro atoms. The molecular formula is C19H28O2. The van der Waals surface area contributed by atoms with Gasteiger partial charge in [-0.2, -0.15) is 0 Å². The van der Waals surface area contributed by atoms with E-state index in [4.69, 9.17) is 15.9 Å². The Morgan fingerprint density at radius 2 is 1.76 bits per heavy atom. The molecule has 0 radical (unpaired) electrons. The molecule has 0 amide bonds. The zero-order valence-corrected chi connectivity index (χ0v) is 14.0. The van der Waals surface area contributed by atoms with Crippen molar-refractivity contribution in [2.45, 2.75) is 77.8 Å². The van der Waals surface area contributed by atoms with E-state index >= 15 is 0 Å². The molecule has 1 aliphatic heterocycles. The lowest BCUT2D eigenvalue weighted by molar-refractivity contribution is -0.152. The number of ether oxygens (including phenoxy) is 2. The summed E-state index contributed by atoms with van der Waals surface area (Å²) in [5.41, 5.74) is 0.555. The minimum absolute atomic E-state index is 0.155. The maximum absolute atomic E-state index is 6.39. The van der Waals surface area contributed by atoms with Gasteiger partial charge in [-0.05, 0) is 67.1 Å². The standard InChI is InChI=1S/C19H28O2/c1-7-17(5)20-15-11-19-10-14(18(15,6)21-17)16(3,4)13(19)9-8-12(19)2/h1,12-15H,8-11H2,2-6H3/t12-,13+,14-,15+,17-,18-,19-/m1/s1. The van der Waals surface area contributed by atoms with Crippen LogP contribution in [-0.2, 0) is 9.47 Å². The molecule has 2 heteroatoms. The van der Waals surface area contributed by atoms with Gasteiger partial charge in [-0.1, -0.05) is 20.8 Å². The highest BCUT2D eigenvalue weighted by Crippen LogP contribution is 2.75. The highest BCUT2D eigenvalue weighted by molar-refractivity contribution is 5.23. The van der Waals surface area contributed by atoms with Crippen LogP contribution >= 0.6 is 0 Å². The Balaban J connectivity index is 1.82. The van der Waals surface area contributed by atoms with Crippen LogP contribution in [0, 0.1) is 40.9 Å². The summed E-state index contributed by atoms with van der Waals surface area (Å²) in [6, 6.07) is 0. The molecule has 4 rings (SSSR count). The van der Waals surface area contributed by atoms with Crippen molar-refractivity contribution in [3.05, 3.63) is 0 Å². The Kier molecular flexibility index (Phi) is 2.47. The van der Waals surface area contributed by atoms with Crippen molar-refractivity contribution in [3.63, 3.8) is 0 Å². The van der Waals surface area contributed by atoms with Crippen molar-refractivity contribution in [3.8, 4) is 12.3 Å². The third-order valence-electron chi connectivity index (χ3n) is 7.88. The average Bonchev–Trinajstić information content (AvgIpc) is 2.92. The quantitative estimate of drug-likeness (QED) is 0.627. The fourth-order valence-electron chi connectivity index (χ4n) is 6.89. The number of fused-ring (bicyclic) bond motifs is 3. The second kappa shape index (κ2) is 3.69. The predicted octanol–water partition coefficient (Wildman–Crippen LogP) is 3.99. The average molecular weight is 288 g/mol. The van der Waals surface area contributed by atoms with E-state index in [1.165, 1.54) is 19.3 Å². The molecule has 3 aliphatic carbocycles. The highest BCUT2D eigenvalue weighted by Gasteiger charge is 2.74. The molecule has 4 fully saturated rings. The van der Waals surface area contributed by atoms with Crippen molar-refractivity contribution < 1.29 is 9.47 Å². The Morgan fingerprint density at radius 1 is 1.05 bits per heavy atom. The van der Waals surface area contributed by atoms with E-state index in [0.717, 1.165) is 18.3 Å². The van der Waals surface area contributed by atoms with Crippen LogP contribution in [0.15, 0.2) is 0 Å². The molecule has 0 N–H and O–H groups in total. The molecule has 2 nitrogen and oxygen atoms in total. The lowest BCUT2D eigenvalue weighted by Gasteiger charge is -2.47. The lowest BCUT2D eigenvalue weighted by Crippen LogP contribution is -2.52. The summed E-state index contributed by atoms with van der Waals surface area (Å²) in [5, 5.41) is 0. The molecule has 4 aliphatic rings. The Morgan fingerprint density at radius 3 is 2.43 bits per heavy atom. The first-order chi connectivity index (χ1) is 9.68. The Hall–Kier alpha value is -0.520. The SMILES string of the molecule is C#C[C@]1(C)O[C@H]2C[C@@]34C[C@H](C(C)(C)[C@@H]3CC[C@H]4C)[C@@]2(C)O1. The molecule has 0 unspecified atom stereocenters. The summed E-state index contributed by atoms with van der Waals surface area (Å²) in [4.78, 5) is 0. The van der Waals surface area contributed by atoms with E-state index < -0.39 is 5.79 Å². The van der Waals surface area contributed by atoms with Crippen molar-refractivity contribution in [1.82, 2.24) is 0 Å². The van der Waals surface area contributed by atoms with E-state index in [1.807, 2.05) is 6.92 Å². The van der Waals surface area contributed by atoms with Crippen LogP contribution in [-0.4, -0.2) is 17.5 Å². The van der Waals surface area contributed by atoms with E-state index in [9.17, 15) is 0 Å². The largest absolute Gasteiger partial charge is 0.333 e. The number of hydrogen-bond acceptors (Lipinski definition) is 2. The van der Waals surface area contributed by atoms with Crippen LogP contribution in [0.3, 0.4) is 0 Å². The van der Waals surface area contributed by atoms with Crippen molar-refractivity contribution in [2.24, 2.45) is 28.6 Å². The van der Waals surface area contributed by atoms with Gasteiger partial charge in [0.05, 0.1) is 11.7 Å². The molecule has 2 bridgehead atoms. The van der Waals surface area contributed by atoms with Crippen LogP contribution in [0.5, 0.6) is 0 Å². The highest BCUT2D eigenvalue weighted by atomic mass is 16.8. The summed E-state index contributed by atoms with van der Waals surface area (Å²) in [7, 11) is 0. The Bertz CT molecular complexity index is 532. The second-order valence-electron chi connectivity index (χ2n) is 9.03. The number of rotatable bonds is 0. The smallest absolute Gasteiger partial charge is 0.231 e. The normalized spacial score (nSPS) is 60.4. The molecule has 7 atom stereocenters. The van der Waals surface area contributed by atoms with Crippen molar-refractivity contribution in [1.29, 1.82) is 0 Å². The lowest BCUT2D eigenvalue weighted by atomic mass is 9.63. The maximum Gasteiger partial charge on any atom is 0.231 e. The molecule has 1 heterocycles. The molecule has 116 valence electrons. The van der Waals surface area contributed by atoms with Crippen LogP contribution in [0.4, 0.5) is 0 Å². The molecule has 0 aromatic heterocycles. The first kappa shape index (κ1) is 14.1. The van der Waals surface area contributed by atoms with E-state index in [0.29, 0.717) is 16.7 Å². The van der Waals surface area contributed by atoms with Crippen molar-refractivity contribution in [2.75, 3.05) is 0 Å². The van der Waals surface area contributed by atoms with Gasteiger partial charge in [0.25, 0.3) is 0 Å². The summed E-state index contributed by atoms with van der Waals surface area (Å²) < 4.78 is 12.7. The molecule has 3 saturated carbocycles. The summed E-state index contributed by atoms with van der Waals surface area (Å²) >= 11 is 0. The maximum atomic E-state index is 6.39. The van der Waals surface area contributed by atoms with Gasteiger partial charge in [-0.3, -0.25) is 0 Å². The Labute approximate surface area is 129 Å². The summed E-state index contributed by atoms with van der Waals surface area (Å²) in [6.07, 6.45) is 11.0. The van der Waals surface area contributed by atoms with Crippen molar-refractivity contribution >= 4 is 0 Å². The topological polar surface area (TPSA) is 18.5 Å². The van der Waals surface area contributed by atoms with Gasteiger partial charge in [-0.15, -0.1) is 6.42 Å². The van der Waals surface area contributed by atoms with Gasteiger partial charge in [0, 0.05) is 6.92 Å². The van der Waals surface area contributed by atoms with Gasteiger partial charge < -0.3 is 9.47 Å². The summed E-state index contributed by atoms with van der Waals surface area (Å²) in [5.74, 6) is 4.06.